The molecular weight excluding hydrogens is 434 g/mol. The van der Waals surface area contributed by atoms with Crippen LogP contribution in [0, 0.1) is 0 Å². The van der Waals surface area contributed by atoms with Crippen LogP contribution in [0.1, 0.15) is 53.4 Å². The number of nitrogens with one attached hydrogen (secondary N) is 1. The summed E-state index contributed by atoms with van der Waals surface area (Å²) in [5.74, 6) is -0.123. The molecule has 1 aromatic heterocycles. The summed E-state index contributed by atoms with van der Waals surface area (Å²) in [5.41, 5.74) is 0.785. The molecule has 0 atom stereocenters. The molecule has 8 heteroatoms. The summed E-state index contributed by atoms with van der Waals surface area (Å²) in [7, 11) is 0. The summed E-state index contributed by atoms with van der Waals surface area (Å²) in [4.78, 5) is 31.7. The van der Waals surface area contributed by atoms with Crippen LogP contribution >= 0.6 is 0 Å². The first-order valence-corrected chi connectivity index (χ1v) is 11.8. The Morgan fingerprint density at radius 2 is 1.74 bits per heavy atom. The predicted octanol–water partition coefficient (Wildman–Crippen LogP) is 4.05. The quantitative estimate of drug-likeness (QED) is 0.360. The minimum atomic E-state index is -0.310. The monoisotopic (exact) mass is 467 g/mol. The van der Waals surface area contributed by atoms with E-state index in [1.54, 1.807) is 4.90 Å². The van der Waals surface area contributed by atoms with E-state index in [4.69, 9.17) is 13.9 Å². The van der Waals surface area contributed by atoms with E-state index in [9.17, 15) is 9.59 Å². The fraction of sp³-hybridized carbons (Fsp3) is 0.423. The molecule has 2 aromatic carbocycles. The number of hydrogen-bond acceptors (Lipinski definition) is 6. The normalized spacial score (nSPS) is 11.0. The number of oxazole rings is 1. The van der Waals surface area contributed by atoms with Crippen molar-refractivity contribution >= 4 is 22.6 Å². The lowest BCUT2D eigenvalue weighted by Gasteiger charge is -2.21. The van der Waals surface area contributed by atoms with Gasteiger partial charge in [0.2, 0.25) is 5.89 Å². The van der Waals surface area contributed by atoms with Crippen molar-refractivity contribution in [2.24, 2.45) is 0 Å². The molecule has 1 heterocycles. The minimum absolute atomic E-state index is 0.123. The molecule has 2 amide bonds. The lowest BCUT2D eigenvalue weighted by atomic mass is 10.1. The second-order valence-electron chi connectivity index (χ2n) is 7.77. The number of aromatic nitrogens is 1. The van der Waals surface area contributed by atoms with Gasteiger partial charge in [-0.25, -0.2) is 4.98 Å². The van der Waals surface area contributed by atoms with Crippen molar-refractivity contribution in [3.05, 3.63) is 65.9 Å². The first kappa shape index (κ1) is 25.4. The van der Waals surface area contributed by atoms with Crippen molar-refractivity contribution in [3.8, 4) is 0 Å². The van der Waals surface area contributed by atoms with Gasteiger partial charge in [0.1, 0.15) is 6.26 Å². The molecule has 3 rings (SSSR count). The van der Waals surface area contributed by atoms with Crippen LogP contribution < -0.4 is 5.32 Å². The summed E-state index contributed by atoms with van der Waals surface area (Å²) in [5, 5.41) is 4.88. The van der Waals surface area contributed by atoms with E-state index in [2.05, 4.69) is 10.3 Å². The van der Waals surface area contributed by atoms with E-state index in [1.807, 2.05) is 56.3 Å². The van der Waals surface area contributed by atoms with Crippen LogP contribution in [0.4, 0.5) is 0 Å². The second kappa shape index (κ2) is 13.5. The summed E-state index contributed by atoms with van der Waals surface area (Å²) in [6.45, 7) is 7.43. The number of fused-ring (bicyclic) bond motifs is 1. The Kier molecular flexibility index (Phi) is 10.1. The fourth-order valence-electron chi connectivity index (χ4n) is 3.52. The van der Waals surface area contributed by atoms with Crippen LogP contribution in [0.15, 0.2) is 53.1 Å². The van der Waals surface area contributed by atoms with Gasteiger partial charge in [0, 0.05) is 45.1 Å². The highest BCUT2D eigenvalue weighted by Gasteiger charge is 2.20. The molecule has 0 radical (unpaired) electrons. The summed E-state index contributed by atoms with van der Waals surface area (Å²) in [6.07, 6.45) is 2.73. The van der Waals surface area contributed by atoms with Crippen molar-refractivity contribution in [1.29, 1.82) is 0 Å². The smallest absolute Gasteiger partial charge is 0.273 e. The molecule has 182 valence electrons. The molecule has 0 aliphatic rings. The molecule has 0 aliphatic carbocycles. The third-order valence-corrected chi connectivity index (χ3v) is 5.27. The van der Waals surface area contributed by atoms with Crippen LogP contribution in [0.2, 0.25) is 0 Å². The summed E-state index contributed by atoms with van der Waals surface area (Å²) >= 11 is 0. The maximum absolute atomic E-state index is 13.3. The van der Waals surface area contributed by atoms with E-state index in [1.165, 1.54) is 6.26 Å². The van der Waals surface area contributed by atoms with E-state index in [0.717, 1.165) is 17.2 Å². The van der Waals surface area contributed by atoms with Gasteiger partial charge in [-0.2, -0.15) is 0 Å². The predicted molar refractivity (Wildman–Crippen MR) is 130 cm³/mol. The van der Waals surface area contributed by atoms with E-state index in [0.29, 0.717) is 57.4 Å². The maximum Gasteiger partial charge on any atom is 0.273 e. The van der Waals surface area contributed by atoms with E-state index >= 15 is 0 Å². The summed E-state index contributed by atoms with van der Waals surface area (Å²) in [6, 6.07) is 13.6. The van der Waals surface area contributed by atoms with Crippen LogP contribution in [-0.4, -0.2) is 61.2 Å². The van der Waals surface area contributed by atoms with Gasteiger partial charge in [-0.15, -0.1) is 0 Å². The minimum Gasteiger partial charge on any atom is -0.446 e. The third-order valence-electron chi connectivity index (χ3n) is 5.27. The Hall–Kier alpha value is -3.23. The van der Waals surface area contributed by atoms with Crippen LogP contribution in [0.25, 0.3) is 10.8 Å². The van der Waals surface area contributed by atoms with Gasteiger partial charge in [0.25, 0.3) is 11.8 Å². The van der Waals surface area contributed by atoms with E-state index in [-0.39, 0.29) is 24.1 Å². The van der Waals surface area contributed by atoms with Gasteiger partial charge in [-0.05, 0) is 49.6 Å². The van der Waals surface area contributed by atoms with Crippen LogP contribution in [-0.2, 0) is 16.0 Å². The average Bonchev–Trinajstić information content (AvgIpc) is 3.33. The van der Waals surface area contributed by atoms with Crippen molar-refractivity contribution in [2.45, 2.75) is 33.2 Å². The van der Waals surface area contributed by atoms with Gasteiger partial charge in [0.05, 0.1) is 6.54 Å². The van der Waals surface area contributed by atoms with Gasteiger partial charge in [0.15, 0.2) is 5.69 Å². The molecule has 1 N–H and O–H groups in total. The summed E-state index contributed by atoms with van der Waals surface area (Å²) < 4.78 is 16.2. The third kappa shape index (κ3) is 7.40. The van der Waals surface area contributed by atoms with Crippen LogP contribution in [0.3, 0.4) is 0 Å². The molecule has 3 aromatic rings. The number of benzene rings is 2. The molecular formula is C26H33N3O5. The highest BCUT2D eigenvalue weighted by atomic mass is 16.5. The van der Waals surface area contributed by atoms with Crippen molar-refractivity contribution in [2.75, 3.05) is 39.5 Å². The molecule has 0 saturated heterocycles. The highest BCUT2D eigenvalue weighted by molar-refractivity contribution is 5.98. The molecule has 0 spiro atoms. The lowest BCUT2D eigenvalue weighted by molar-refractivity contribution is 0.0696. The first-order chi connectivity index (χ1) is 16.6. The van der Waals surface area contributed by atoms with Gasteiger partial charge < -0.3 is 24.1 Å². The standard InChI is InChI=1S/C26H33N3O5/c1-3-32-15-7-13-27-25(30)23-19-34-24(28-23)18-29(14-8-16-33-4-2)26(31)22-12-11-20-9-5-6-10-21(20)17-22/h5-6,9-12,17,19H,3-4,7-8,13-16,18H2,1-2H3,(H,27,30). The lowest BCUT2D eigenvalue weighted by Crippen LogP contribution is -2.32. The maximum atomic E-state index is 13.3. The Bertz CT molecular complexity index is 1070. The van der Waals surface area contributed by atoms with Crippen molar-refractivity contribution < 1.29 is 23.5 Å². The Morgan fingerprint density at radius 3 is 2.50 bits per heavy atom. The van der Waals surface area contributed by atoms with Gasteiger partial charge in [-0.3, -0.25) is 9.59 Å². The Morgan fingerprint density at radius 1 is 1.00 bits per heavy atom. The average molecular weight is 468 g/mol. The SMILES string of the molecule is CCOCCCNC(=O)c1coc(CN(CCCOCC)C(=O)c2ccc3ccccc3c2)n1. The van der Waals surface area contributed by atoms with Gasteiger partial charge in [-0.1, -0.05) is 30.3 Å². The molecule has 0 aliphatic heterocycles. The number of carbonyl (C=O) groups excluding carboxylic acids is 2. The fourth-order valence-corrected chi connectivity index (χ4v) is 3.52. The zero-order valence-electron chi connectivity index (χ0n) is 19.9. The van der Waals surface area contributed by atoms with Gasteiger partial charge >= 0.3 is 0 Å². The number of rotatable bonds is 14. The van der Waals surface area contributed by atoms with Crippen molar-refractivity contribution in [3.63, 3.8) is 0 Å². The molecule has 0 unspecified atom stereocenters. The topological polar surface area (TPSA) is 93.9 Å². The molecule has 0 bridgehead atoms. The van der Waals surface area contributed by atoms with Crippen molar-refractivity contribution in [1.82, 2.24) is 15.2 Å². The Balaban J connectivity index is 1.67. The van der Waals surface area contributed by atoms with Crippen LogP contribution in [0.5, 0.6) is 0 Å². The molecule has 8 nitrogen and oxygen atoms in total. The zero-order valence-corrected chi connectivity index (χ0v) is 19.9. The zero-order chi connectivity index (χ0) is 24.2. The molecule has 0 fully saturated rings. The number of nitrogens with zero attached hydrogens (tertiary/aromatic N) is 2. The second-order valence-corrected chi connectivity index (χ2v) is 7.77. The first-order valence-electron chi connectivity index (χ1n) is 11.8. The number of hydrogen-bond donors (Lipinski definition) is 1. The highest BCUT2D eigenvalue weighted by Crippen LogP contribution is 2.18. The number of amides is 2. The number of ether oxygens (including phenoxy) is 2. The largest absolute Gasteiger partial charge is 0.446 e. The Labute approximate surface area is 200 Å². The molecule has 34 heavy (non-hydrogen) atoms. The van der Waals surface area contributed by atoms with E-state index < -0.39 is 0 Å². The molecule has 0 saturated carbocycles. The number of carbonyl (C=O) groups is 2.